The molecular weight excluding hydrogens is 282 g/mol. The predicted octanol–water partition coefficient (Wildman–Crippen LogP) is 1.04. The second-order valence-corrected chi connectivity index (χ2v) is 5.47. The van der Waals surface area contributed by atoms with E-state index in [1.54, 1.807) is 12.1 Å². The smallest absolute Gasteiger partial charge is 0.254 e. The van der Waals surface area contributed by atoms with Crippen molar-refractivity contribution in [1.82, 2.24) is 25.1 Å². The van der Waals surface area contributed by atoms with Gasteiger partial charge in [0.2, 0.25) is 0 Å². The van der Waals surface area contributed by atoms with Crippen LogP contribution in [-0.2, 0) is 0 Å². The molecule has 2 aromatic rings. The molecule has 1 aliphatic rings. The maximum absolute atomic E-state index is 12.8. The summed E-state index contributed by atoms with van der Waals surface area (Å²) in [6.07, 6.45) is 5.22. The van der Waals surface area contributed by atoms with Crippen molar-refractivity contribution in [3.8, 4) is 5.69 Å². The lowest BCUT2D eigenvalue weighted by atomic mass is 9.98. The fourth-order valence-electron chi connectivity index (χ4n) is 2.94. The van der Waals surface area contributed by atoms with Gasteiger partial charge in [-0.3, -0.25) is 4.79 Å². The largest absolute Gasteiger partial charge is 0.396 e. The monoisotopic (exact) mass is 301 g/mol. The summed E-state index contributed by atoms with van der Waals surface area (Å²) in [6, 6.07) is 7.41. The minimum Gasteiger partial charge on any atom is -0.396 e. The second-order valence-electron chi connectivity index (χ2n) is 5.47. The number of likely N-dealkylation sites (tertiary alicyclic amines) is 1. The van der Waals surface area contributed by atoms with Crippen molar-refractivity contribution in [3.63, 3.8) is 0 Å². The van der Waals surface area contributed by atoms with Crippen LogP contribution in [0.3, 0.4) is 0 Å². The van der Waals surface area contributed by atoms with E-state index < -0.39 is 0 Å². The van der Waals surface area contributed by atoms with Crippen LogP contribution in [0.5, 0.6) is 0 Å². The first kappa shape index (κ1) is 14.6. The van der Waals surface area contributed by atoms with E-state index in [4.69, 9.17) is 0 Å². The number of aliphatic hydroxyl groups excluding tert-OH is 1. The number of aliphatic hydroxyl groups is 1. The van der Waals surface area contributed by atoms with Gasteiger partial charge in [0.15, 0.2) is 0 Å². The Bertz CT molecular complexity index is 627. The van der Waals surface area contributed by atoms with Gasteiger partial charge in [0.25, 0.3) is 5.91 Å². The molecule has 1 saturated heterocycles. The molecule has 1 atom stereocenters. The molecule has 2 heterocycles. The molecule has 116 valence electrons. The third-order valence-corrected chi connectivity index (χ3v) is 4.06. The summed E-state index contributed by atoms with van der Waals surface area (Å²) in [5, 5.41) is 20.3. The number of hydrogen-bond donors (Lipinski definition) is 1. The van der Waals surface area contributed by atoms with Gasteiger partial charge in [-0.05, 0) is 54.3 Å². The highest BCUT2D eigenvalue weighted by atomic mass is 16.3. The average molecular weight is 301 g/mol. The van der Waals surface area contributed by atoms with Gasteiger partial charge >= 0.3 is 0 Å². The molecule has 0 radical (unpaired) electrons. The number of nitrogens with zero attached hydrogens (tertiary/aromatic N) is 5. The normalized spacial score (nSPS) is 18.4. The third kappa shape index (κ3) is 2.99. The van der Waals surface area contributed by atoms with Crippen molar-refractivity contribution in [2.24, 2.45) is 0 Å². The molecule has 22 heavy (non-hydrogen) atoms. The highest BCUT2D eigenvalue weighted by Gasteiger charge is 2.27. The lowest BCUT2D eigenvalue weighted by Gasteiger charge is -2.35. The van der Waals surface area contributed by atoms with E-state index >= 15 is 0 Å². The van der Waals surface area contributed by atoms with Gasteiger partial charge in [0.1, 0.15) is 6.33 Å². The Kier molecular flexibility index (Phi) is 4.43. The second kappa shape index (κ2) is 6.65. The number of benzene rings is 1. The quantitative estimate of drug-likeness (QED) is 0.912. The third-order valence-electron chi connectivity index (χ3n) is 4.06. The lowest BCUT2D eigenvalue weighted by molar-refractivity contribution is 0.0574. The molecule has 1 aromatic heterocycles. The maximum Gasteiger partial charge on any atom is 0.254 e. The van der Waals surface area contributed by atoms with Crippen LogP contribution in [0.25, 0.3) is 5.69 Å². The number of rotatable bonds is 4. The van der Waals surface area contributed by atoms with Crippen LogP contribution in [0.1, 0.15) is 36.0 Å². The molecule has 1 aliphatic heterocycles. The topological polar surface area (TPSA) is 84.1 Å². The van der Waals surface area contributed by atoms with Crippen LogP contribution in [0.2, 0.25) is 0 Å². The Morgan fingerprint density at radius 3 is 3.05 bits per heavy atom. The summed E-state index contributed by atoms with van der Waals surface area (Å²) >= 11 is 0. The number of tetrazole rings is 1. The van der Waals surface area contributed by atoms with Gasteiger partial charge < -0.3 is 10.0 Å². The SMILES string of the molecule is O=C(c1cccc(-n2cnnn2)c1)N1CCCCC1CCO. The Hall–Kier alpha value is -2.28. The fraction of sp³-hybridized carbons (Fsp3) is 0.467. The van der Waals surface area contributed by atoms with Crippen molar-refractivity contribution < 1.29 is 9.90 Å². The van der Waals surface area contributed by atoms with E-state index in [1.807, 2.05) is 17.0 Å². The van der Waals surface area contributed by atoms with Crippen LogP contribution < -0.4 is 0 Å². The first-order chi connectivity index (χ1) is 10.8. The lowest BCUT2D eigenvalue weighted by Crippen LogP contribution is -2.44. The molecule has 0 spiro atoms. The highest BCUT2D eigenvalue weighted by Crippen LogP contribution is 2.22. The summed E-state index contributed by atoms with van der Waals surface area (Å²) in [7, 11) is 0. The van der Waals surface area contributed by atoms with E-state index in [1.165, 1.54) is 11.0 Å². The van der Waals surface area contributed by atoms with Crippen molar-refractivity contribution in [3.05, 3.63) is 36.2 Å². The summed E-state index contributed by atoms with van der Waals surface area (Å²) < 4.78 is 1.53. The molecule has 7 heteroatoms. The molecular formula is C15H19N5O2. The minimum atomic E-state index is 0.00748. The zero-order valence-electron chi connectivity index (χ0n) is 12.3. The van der Waals surface area contributed by atoms with E-state index in [9.17, 15) is 9.90 Å². The molecule has 3 rings (SSSR count). The van der Waals surface area contributed by atoms with Gasteiger partial charge in [-0.2, -0.15) is 0 Å². The number of amides is 1. The van der Waals surface area contributed by atoms with Crippen molar-refractivity contribution in [2.75, 3.05) is 13.2 Å². The zero-order chi connectivity index (χ0) is 15.4. The zero-order valence-corrected chi connectivity index (χ0v) is 12.3. The van der Waals surface area contributed by atoms with Crippen molar-refractivity contribution in [2.45, 2.75) is 31.7 Å². The molecule has 0 saturated carbocycles. The number of carbonyl (C=O) groups is 1. The summed E-state index contributed by atoms with van der Waals surface area (Å²) in [4.78, 5) is 14.7. The molecule has 1 N–H and O–H groups in total. The Morgan fingerprint density at radius 1 is 1.36 bits per heavy atom. The number of piperidine rings is 1. The standard InChI is InChI=1S/C15H19N5O2/c21-9-7-13-5-1-2-8-19(13)15(22)12-4-3-6-14(10-12)20-11-16-17-18-20/h3-4,6,10-11,13,21H,1-2,5,7-9H2. The van der Waals surface area contributed by atoms with Crippen LogP contribution in [0.15, 0.2) is 30.6 Å². The Morgan fingerprint density at radius 2 is 2.27 bits per heavy atom. The Balaban J connectivity index is 1.83. The van der Waals surface area contributed by atoms with Gasteiger partial charge in [0.05, 0.1) is 5.69 Å². The van der Waals surface area contributed by atoms with E-state index in [0.29, 0.717) is 12.0 Å². The fourth-order valence-corrected chi connectivity index (χ4v) is 2.94. The van der Waals surface area contributed by atoms with E-state index in [-0.39, 0.29) is 18.6 Å². The van der Waals surface area contributed by atoms with Gasteiger partial charge in [-0.25, -0.2) is 4.68 Å². The Labute approximate surface area is 128 Å². The highest BCUT2D eigenvalue weighted by molar-refractivity contribution is 5.95. The molecule has 7 nitrogen and oxygen atoms in total. The molecule has 1 aromatic carbocycles. The molecule has 0 aliphatic carbocycles. The molecule has 1 unspecified atom stereocenters. The summed E-state index contributed by atoms with van der Waals surface area (Å²) in [6.45, 7) is 0.859. The van der Waals surface area contributed by atoms with Crippen LogP contribution in [0, 0.1) is 0 Å². The van der Waals surface area contributed by atoms with Crippen LogP contribution in [0.4, 0.5) is 0 Å². The van der Waals surface area contributed by atoms with E-state index in [2.05, 4.69) is 15.5 Å². The minimum absolute atomic E-state index is 0.00748. The van der Waals surface area contributed by atoms with Gasteiger partial charge in [0, 0.05) is 24.8 Å². The first-order valence-electron chi connectivity index (χ1n) is 7.55. The van der Waals surface area contributed by atoms with Crippen LogP contribution in [-0.4, -0.2) is 55.3 Å². The number of carbonyl (C=O) groups excluding carboxylic acids is 1. The first-order valence-corrected chi connectivity index (χ1v) is 7.55. The molecule has 1 fully saturated rings. The van der Waals surface area contributed by atoms with Gasteiger partial charge in [-0.1, -0.05) is 6.07 Å². The number of aromatic nitrogens is 4. The summed E-state index contributed by atoms with van der Waals surface area (Å²) in [5.74, 6) is 0.00748. The van der Waals surface area contributed by atoms with Crippen LogP contribution >= 0.6 is 0 Å². The molecule has 1 amide bonds. The van der Waals surface area contributed by atoms with Crippen molar-refractivity contribution in [1.29, 1.82) is 0 Å². The summed E-state index contributed by atoms with van der Waals surface area (Å²) in [5.41, 5.74) is 1.38. The van der Waals surface area contributed by atoms with Gasteiger partial charge in [-0.15, -0.1) is 5.10 Å². The maximum atomic E-state index is 12.8. The number of hydrogen-bond acceptors (Lipinski definition) is 5. The van der Waals surface area contributed by atoms with Crippen molar-refractivity contribution >= 4 is 5.91 Å². The predicted molar refractivity (Wildman–Crippen MR) is 79.5 cm³/mol. The molecule has 0 bridgehead atoms. The van der Waals surface area contributed by atoms with E-state index in [0.717, 1.165) is 31.5 Å². The average Bonchev–Trinajstić information content (AvgIpc) is 3.10.